The van der Waals surface area contributed by atoms with Crippen LogP contribution in [0.5, 0.6) is 0 Å². The fourth-order valence-electron chi connectivity index (χ4n) is 2.96. The van der Waals surface area contributed by atoms with Crippen molar-refractivity contribution < 1.29 is 19.1 Å². The molecule has 2 fully saturated rings. The van der Waals surface area contributed by atoms with E-state index in [0.29, 0.717) is 43.9 Å². The Balaban J connectivity index is 1.68. The second-order valence-corrected chi connectivity index (χ2v) is 6.15. The molecule has 128 valence electrons. The fraction of sp³-hybridized carbons (Fsp3) is 0.471. The molecule has 2 heterocycles. The highest BCUT2D eigenvalue weighted by molar-refractivity contribution is 6.00. The average molecular weight is 331 g/mol. The molecule has 2 unspecified atom stereocenters. The predicted octanol–water partition coefficient (Wildman–Crippen LogP) is 0.765. The van der Waals surface area contributed by atoms with Crippen LogP contribution in [-0.2, 0) is 14.3 Å². The van der Waals surface area contributed by atoms with Gasteiger partial charge >= 0.3 is 0 Å². The summed E-state index contributed by atoms with van der Waals surface area (Å²) < 4.78 is 5.35. The lowest BCUT2D eigenvalue weighted by Gasteiger charge is -2.33. The van der Waals surface area contributed by atoms with Crippen LogP contribution in [-0.4, -0.2) is 54.5 Å². The average Bonchev–Trinajstić information content (AvgIpc) is 3.01. The van der Waals surface area contributed by atoms with E-state index in [0.717, 1.165) is 0 Å². The normalized spacial score (nSPS) is 23.7. The van der Waals surface area contributed by atoms with Gasteiger partial charge in [0.15, 0.2) is 0 Å². The molecule has 0 saturated carbocycles. The minimum Gasteiger partial charge on any atom is -0.377 e. The Morgan fingerprint density at radius 3 is 2.92 bits per heavy atom. The van der Waals surface area contributed by atoms with Crippen molar-refractivity contribution in [1.82, 2.24) is 10.2 Å². The summed E-state index contributed by atoms with van der Waals surface area (Å²) in [5.41, 5.74) is 1.07. The number of nitrogens with zero attached hydrogens (tertiary/aromatic N) is 1. The van der Waals surface area contributed by atoms with E-state index in [1.54, 1.807) is 29.2 Å². The molecule has 3 rings (SSSR count). The molecule has 0 aromatic heterocycles. The highest BCUT2D eigenvalue weighted by atomic mass is 16.5. The van der Waals surface area contributed by atoms with Crippen molar-refractivity contribution in [2.45, 2.75) is 31.8 Å². The number of hydrogen-bond acceptors (Lipinski definition) is 4. The summed E-state index contributed by atoms with van der Waals surface area (Å²) in [6.45, 7) is 3.58. The molecular formula is C17H21N3O4. The Morgan fingerprint density at radius 1 is 1.38 bits per heavy atom. The lowest BCUT2D eigenvalue weighted by molar-refractivity contribution is -0.122. The molecule has 2 saturated heterocycles. The smallest absolute Gasteiger partial charge is 0.254 e. The summed E-state index contributed by atoms with van der Waals surface area (Å²) in [5.74, 6) is -0.443. The number of rotatable bonds is 3. The second kappa shape index (κ2) is 7.00. The van der Waals surface area contributed by atoms with Gasteiger partial charge in [-0.15, -0.1) is 0 Å². The van der Waals surface area contributed by atoms with Crippen LogP contribution in [0.2, 0.25) is 0 Å². The minimum absolute atomic E-state index is 0.0261. The molecule has 2 aliphatic heterocycles. The van der Waals surface area contributed by atoms with Crippen molar-refractivity contribution in [3.8, 4) is 0 Å². The van der Waals surface area contributed by atoms with Crippen LogP contribution in [0.15, 0.2) is 24.3 Å². The molecule has 2 N–H and O–H groups in total. The van der Waals surface area contributed by atoms with Crippen LogP contribution in [0.25, 0.3) is 0 Å². The number of carbonyl (C=O) groups excluding carboxylic acids is 3. The highest BCUT2D eigenvalue weighted by Crippen LogP contribution is 2.17. The SMILES string of the molecule is CC1COCCN1C(=O)c1cccc(NC(=O)C2CCC(=O)N2)c1. The van der Waals surface area contributed by atoms with Gasteiger partial charge < -0.3 is 20.3 Å². The van der Waals surface area contributed by atoms with Crippen molar-refractivity contribution in [3.63, 3.8) is 0 Å². The number of benzene rings is 1. The zero-order valence-electron chi connectivity index (χ0n) is 13.6. The van der Waals surface area contributed by atoms with Crippen molar-refractivity contribution in [1.29, 1.82) is 0 Å². The lowest BCUT2D eigenvalue weighted by atomic mass is 10.1. The van der Waals surface area contributed by atoms with Gasteiger partial charge in [-0.1, -0.05) is 6.07 Å². The first kappa shape index (κ1) is 16.4. The molecule has 0 bridgehead atoms. The number of ether oxygens (including phenoxy) is 1. The zero-order valence-corrected chi connectivity index (χ0v) is 13.6. The van der Waals surface area contributed by atoms with E-state index in [-0.39, 0.29) is 23.8 Å². The van der Waals surface area contributed by atoms with E-state index < -0.39 is 6.04 Å². The third kappa shape index (κ3) is 3.56. The minimum atomic E-state index is -0.504. The summed E-state index contributed by atoms with van der Waals surface area (Å²) in [7, 11) is 0. The Hall–Kier alpha value is -2.41. The van der Waals surface area contributed by atoms with Gasteiger partial charge in [0.25, 0.3) is 5.91 Å². The Labute approximate surface area is 140 Å². The van der Waals surface area contributed by atoms with Crippen LogP contribution in [0.4, 0.5) is 5.69 Å². The maximum atomic E-state index is 12.6. The Morgan fingerprint density at radius 2 is 2.21 bits per heavy atom. The van der Waals surface area contributed by atoms with Gasteiger partial charge in [0.2, 0.25) is 11.8 Å². The number of carbonyl (C=O) groups is 3. The van der Waals surface area contributed by atoms with Crippen LogP contribution in [0, 0.1) is 0 Å². The zero-order chi connectivity index (χ0) is 17.1. The molecule has 0 radical (unpaired) electrons. The molecule has 2 atom stereocenters. The van der Waals surface area contributed by atoms with Crippen molar-refractivity contribution in [3.05, 3.63) is 29.8 Å². The second-order valence-electron chi connectivity index (χ2n) is 6.15. The molecule has 3 amide bonds. The fourth-order valence-corrected chi connectivity index (χ4v) is 2.96. The lowest BCUT2D eigenvalue weighted by Crippen LogP contribution is -2.47. The van der Waals surface area contributed by atoms with Gasteiger partial charge in [-0.05, 0) is 31.5 Å². The van der Waals surface area contributed by atoms with Crippen LogP contribution < -0.4 is 10.6 Å². The van der Waals surface area contributed by atoms with Gasteiger partial charge in [0.1, 0.15) is 6.04 Å². The Bertz CT molecular complexity index is 661. The van der Waals surface area contributed by atoms with E-state index in [9.17, 15) is 14.4 Å². The maximum Gasteiger partial charge on any atom is 0.254 e. The summed E-state index contributed by atoms with van der Waals surface area (Å²) >= 11 is 0. The quantitative estimate of drug-likeness (QED) is 0.856. The van der Waals surface area contributed by atoms with Crippen molar-refractivity contribution in [2.24, 2.45) is 0 Å². The van der Waals surface area contributed by atoms with Gasteiger partial charge in [0.05, 0.1) is 19.3 Å². The van der Waals surface area contributed by atoms with E-state index in [1.165, 1.54) is 0 Å². The number of morpholine rings is 1. The largest absolute Gasteiger partial charge is 0.377 e. The predicted molar refractivity (Wildman–Crippen MR) is 87.6 cm³/mol. The third-order valence-electron chi connectivity index (χ3n) is 4.32. The summed E-state index contributed by atoms with van der Waals surface area (Å²) in [6, 6.07) is 6.39. The first-order valence-corrected chi connectivity index (χ1v) is 8.13. The highest BCUT2D eigenvalue weighted by Gasteiger charge is 2.28. The van der Waals surface area contributed by atoms with E-state index in [2.05, 4.69) is 10.6 Å². The molecule has 1 aromatic carbocycles. The molecule has 2 aliphatic rings. The van der Waals surface area contributed by atoms with Crippen LogP contribution >= 0.6 is 0 Å². The third-order valence-corrected chi connectivity index (χ3v) is 4.32. The molecule has 24 heavy (non-hydrogen) atoms. The molecular weight excluding hydrogens is 310 g/mol. The maximum absolute atomic E-state index is 12.6. The van der Waals surface area contributed by atoms with Crippen molar-refractivity contribution >= 4 is 23.4 Å². The van der Waals surface area contributed by atoms with Gasteiger partial charge in [-0.2, -0.15) is 0 Å². The molecule has 0 spiro atoms. The Kier molecular flexibility index (Phi) is 4.80. The number of nitrogens with one attached hydrogen (secondary N) is 2. The van der Waals surface area contributed by atoms with Gasteiger partial charge in [-0.25, -0.2) is 0 Å². The summed E-state index contributed by atoms with van der Waals surface area (Å²) in [6.07, 6.45) is 0.861. The number of amides is 3. The van der Waals surface area contributed by atoms with Gasteiger partial charge in [0, 0.05) is 24.2 Å². The monoisotopic (exact) mass is 331 g/mol. The van der Waals surface area contributed by atoms with Crippen molar-refractivity contribution in [2.75, 3.05) is 25.1 Å². The van der Waals surface area contributed by atoms with E-state index in [1.807, 2.05) is 6.92 Å². The molecule has 7 heteroatoms. The van der Waals surface area contributed by atoms with Crippen LogP contribution in [0.3, 0.4) is 0 Å². The first-order valence-electron chi connectivity index (χ1n) is 8.13. The number of anilines is 1. The van der Waals surface area contributed by atoms with E-state index >= 15 is 0 Å². The summed E-state index contributed by atoms with van der Waals surface area (Å²) in [5, 5.41) is 5.39. The standard InChI is InChI=1S/C17H21N3O4/c1-11-10-24-8-7-20(11)17(23)12-3-2-4-13(9-12)18-16(22)14-5-6-15(21)19-14/h2-4,9,11,14H,5-8,10H2,1H3,(H,18,22)(H,19,21). The topological polar surface area (TPSA) is 87.7 Å². The molecule has 0 aliphatic carbocycles. The first-order chi connectivity index (χ1) is 11.5. The molecule has 1 aromatic rings. The van der Waals surface area contributed by atoms with Gasteiger partial charge in [-0.3, -0.25) is 14.4 Å². The number of hydrogen-bond donors (Lipinski definition) is 2. The van der Waals surface area contributed by atoms with Crippen LogP contribution in [0.1, 0.15) is 30.1 Å². The van der Waals surface area contributed by atoms with E-state index in [4.69, 9.17) is 4.74 Å². The molecule has 7 nitrogen and oxygen atoms in total. The summed E-state index contributed by atoms with van der Waals surface area (Å²) in [4.78, 5) is 37.8.